The topological polar surface area (TPSA) is 71.4 Å². The molecule has 0 aliphatic rings. The highest BCUT2D eigenvalue weighted by Gasteiger charge is 2.60. The highest BCUT2D eigenvalue weighted by Crippen LogP contribution is 2.60. The van der Waals surface area contributed by atoms with Crippen LogP contribution in [0.25, 0.3) is 0 Å². The number of ketones is 2. The van der Waals surface area contributed by atoms with Gasteiger partial charge in [-0.1, -0.05) is 66.2 Å². The van der Waals surface area contributed by atoms with E-state index in [1.54, 1.807) is 12.1 Å². The zero-order valence-corrected chi connectivity index (χ0v) is 19.7. The Hall–Kier alpha value is -3.59. The first kappa shape index (κ1) is 23.6. The minimum absolute atomic E-state index is 0.233. The van der Waals surface area contributed by atoms with Crippen LogP contribution in [-0.2, 0) is 9.59 Å². The number of hydrogen-bond donors (Lipinski definition) is 1. The number of benzene rings is 4. The van der Waals surface area contributed by atoms with Crippen molar-refractivity contribution in [2.75, 3.05) is 0 Å². The number of aliphatic carboxylic acids is 1. The van der Waals surface area contributed by atoms with Crippen LogP contribution in [0.5, 0.6) is 0 Å². The van der Waals surface area contributed by atoms with Gasteiger partial charge in [0.15, 0.2) is 0 Å². The van der Waals surface area contributed by atoms with Gasteiger partial charge in [0, 0.05) is 10.6 Å². The number of carboxylic acid groups (broad SMARTS) is 1. The summed E-state index contributed by atoms with van der Waals surface area (Å²) in [5, 5.41) is 12.6. The molecule has 0 spiro atoms. The number of carbonyl (C=O) groups excluding carboxylic acids is 2. The van der Waals surface area contributed by atoms with Crippen LogP contribution in [-0.4, -0.2) is 28.3 Å². The largest absolute Gasteiger partial charge is 0.475 e. The van der Waals surface area contributed by atoms with Crippen molar-refractivity contribution in [2.24, 2.45) is 0 Å². The lowest BCUT2D eigenvalue weighted by atomic mass is 10.1. The first-order valence-corrected chi connectivity index (χ1v) is 12.8. The average molecular weight is 488 g/mol. The second-order valence-corrected chi connectivity index (χ2v) is 11.6. The third kappa shape index (κ3) is 4.31. The first-order valence-electron chi connectivity index (χ1n) is 10.6. The standard InChI is InChI=1S/C28H20ClO4P/c29-21-18-16-20(17-19-21)25(30)27(26(31)28(32)33)34(22-10-4-1-5-11-22,23-12-6-2-7-13-23)24-14-8-3-9-15-24/h1-19,27H/p+1/t27-/m0/s1. The van der Waals surface area contributed by atoms with Gasteiger partial charge >= 0.3 is 5.97 Å². The molecule has 168 valence electrons. The van der Waals surface area contributed by atoms with Crippen LogP contribution < -0.4 is 15.9 Å². The zero-order valence-electron chi connectivity index (χ0n) is 18.0. The number of hydrogen-bond acceptors (Lipinski definition) is 3. The van der Waals surface area contributed by atoms with Crippen molar-refractivity contribution in [3.63, 3.8) is 0 Å². The van der Waals surface area contributed by atoms with Crippen molar-refractivity contribution in [1.82, 2.24) is 0 Å². The molecule has 1 atom stereocenters. The summed E-state index contributed by atoms with van der Waals surface area (Å²) in [6, 6.07) is 34.0. The average Bonchev–Trinajstić information content (AvgIpc) is 2.88. The van der Waals surface area contributed by atoms with Crippen LogP contribution in [0.15, 0.2) is 115 Å². The van der Waals surface area contributed by atoms with Gasteiger partial charge in [-0.2, -0.15) is 0 Å². The van der Waals surface area contributed by atoms with Gasteiger partial charge in [-0.05, 0) is 60.7 Å². The fraction of sp³-hybridized carbons (Fsp3) is 0.0357. The van der Waals surface area contributed by atoms with E-state index in [2.05, 4.69) is 0 Å². The normalized spacial score (nSPS) is 12.0. The van der Waals surface area contributed by atoms with Gasteiger partial charge in [-0.15, -0.1) is 0 Å². The summed E-state index contributed by atoms with van der Waals surface area (Å²) in [6.07, 6.45) is 0. The van der Waals surface area contributed by atoms with Crippen LogP contribution >= 0.6 is 18.9 Å². The summed E-state index contributed by atoms with van der Waals surface area (Å²) in [7, 11) is -3.12. The maximum absolute atomic E-state index is 14.1. The Labute approximate surface area is 203 Å². The maximum atomic E-state index is 14.1. The fourth-order valence-electron chi connectivity index (χ4n) is 4.24. The Morgan fingerprint density at radius 2 is 1.00 bits per heavy atom. The molecule has 0 fully saturated rings. The van der Waals surface area contributed by atoms with Crippen LogP contribution in [0.1, 0.15) is 10.4 Å². The van der Waals surface area contributed by atoms with Gasteiger partial charge in [0.05, 0.1) is 0 Å². The highest BCUT2D eigenvalue weighted by atomic mass is 35.5. The van der Waals surface area contributed by atoms with E-state index in [0.717, 1.165) is 15.9 Å². The molecular weight excluding hydrogens is 467 g/mol. The Morgan fingerprint density at radius 3 is 1.35 bits per heavy atom. The van der Waals surface area contributed by atoms with Crippen LogP contribution in [0.2, 0.25) is 5.02 Å². The molecule has 0 aliphatic heterocycles. The van der Waals surface area contributed by atoms with E-state index >= 15 is 0 Å². The van der Waals surface area contributed by atoms with Gasteiger partial charge in [-0.25, -0.2) is 4.79 Å². The molecule has 0 saturated carbocycles. The zero-order chi connectivity index (χ0) is 24.1. The number of carboxylic acids is 1. The summed E-state index contributed by atoms with van der Waals surface area (Å²) in [5.41, 5.74) is -1.23. The van der Waals surface area contributed by atoms with Crippen molar-refractivity contribution in [3.05, 3.63) is 126 Å². The van der Waals surface area contributed by atoms with Gasteiger partial charge in [-0.3, -0.25) is 9.59 Å². The van der Waals surface area contributed by atoms with Gasteiger partial charge in [0.2, 0.25) is 11.4 Å². The fourth-order valence-corrected chi connectivity index (χ4v) is 9.05. The molecule has 1 N–H and O–H groups in total. The SMILES string of the molecule is O=C(O)C(=O)[C@H](C(=O)c1ccc(Cl)cc1)[P+](c1ccccc1)(c1ccccc1)c1ccccc1. The Morgan fingerprint density at radius 1 is 0.618 bits per heavy atom. The van der Waals surface area contributed by atoms with E-state index in [1.807, 2.05) is 91.0 Å². The molecule has 0 unspecified atom stereocenters. The monoisotopic (exact) mass is 487 g/mol. The second-order valence-electron chi connectivity index (χ2n) is 7.67. The van der Waals surface area contributed by atoms with Gasteiger partial charge in [0.1, 0.15) is 23.2 Å². The minimum Gasteiger partial charge on any atom is -0.475 e. The molecule has 4 aromatic carbocycles. The van der Waals surface area contributed by atoms with Crippen molar-refractivity contribution in [2.45, 2.75) is 5.66 Å². The van der Waals surface area contributed by atoms with E-state index in [-0.39, 0.29) is 5.56 Å². The first-order chi connectivity index (χ1) is 16.5. The van der Waals surface area contributed by atoms with Crippen LogP contribution in [0, 0.1) is 0 Å². The predicted molar refractivity (Wildman–Crippen MR) is 137 cm³/mol. The number of rotatable bonds is 8. The Balaban J connectivity index is 2.13. The molecule has 34 heavy (non-hydrogen) atoms. The number of carbonyl (C=O) groups is 3. The van der Waals surface area contributed by atoms with Crippen molar-refractivity contribution >= 4 is 52.3 Å². The van der Waals surface area contributed by atoms with E-state index in [1.165, 1.54) is 12.1 Å². The molecule has 4 nitrogen and oxygen atoms in total. The van der Waals surface area contributed by atoms with E-state index in [0.29, 0.717) is 5.02 Å². The minimum atomic E-state index is -3.12. The van der Waals surface area contributed by atoms with Crippen LogP contribution in [0.3, 0.4) is 0 Å². The quantitative estimate of drug-likeness (QED) is 0.171. The molecule has 0 aliphatic carbocycles. The summed E-state index contributed by atoms with van der Waals surface area (Å²) < 4.78 is 0. The third-order valence-corrected chi connectivity index (χ3v) is 10.5. The Kier molecular flexibility index (Phi) is 7.02. The van der Waals surface area contributed by atoms with E-state index < -0.39 is 30.5 Å². The number of Topliss-reactive ketones (excluding diaryl/α,β-unsaturated/α-hetero) is 2. The Bertz CT molecular complexity index is 1210. The van der Waals surface area contributed by atoms with Crippen molar-refractivity contribution < 1.29 is 19.5 Å². The lowest BCUT2D eigenvalue weighted by Gasteiger charge is -2.32. The second kappa shape index (κ2) is 10.1. The molecule has 0 bridgehead atoms. The molecule has 0 amide bonds. The lowest BCUT2D eigenvalue weighted by Crippen LogP contribution is -2.48. The third-order valence-electron chi connectivity index (χ3n) is 5.71. The molecular formula is C28H21ClO4P+. The lowest BCUT2D eigenvalue weighted by molar-refractivity contribution is -0.148. The smallest absolute Gasteiger partial charge is 0.377 e. The highest BCUT2D eigenvalue weighted by molar-refractivity contribution is 7.97. The summed E-state index contributed by atoms with van der Waals surface area (Å²) in [4.78, 5) is 39.7. The molecule has 4 rings (SSSR count). The molecule has 0 radical (unpaired) electrons. The maximum Gasteiger partial charge on any atom is 0.377 e. The van der Waals surface area contributed by atoms with Crippen molar-refractivity contribution in [3.8, 4) is 0 Å². The molecule has 0 heterocycles. The molecule has 6 heteroatoms. The predicted octanol–water partition coefficient (Wildman–Crippen LogP) is 4.54. The summed E-state index contributed by atoms with van der Waals surface area (Å²) >= 11 is 6.02. The van der Waals surface area contributed by atoms with Crippen molar-refractivity contribution in [1.29, 1.82) is 0 Å². The van der Waals surface area contributed by atoms with E-state index in [4.69, 9.17) is 11.6 Å². The molecule has 0 saturated heterocycles. The van der Waals surface area contributed by atoms with E-state index in [9.17, 15) is 19.5 Å². The van der Waals surface area contributed by atoms with Gasteiger partial charge in [0.25, 0.3) is 5.78 Å². The van der Waals surface area contributed by atoms with Crippen LogP contribution in [0.4, 0.5) is 0 Å². The summed E-state index contributed by atoms with van der Waals surface area (Å²) in [5.74, 6) is -3.32. The van der Waals surface area contributed by atoms with Gasteiger partial charge < -0.3 is 5.11 Å². The molecule has 0 aromatic heterocycles. The molecule has 4 aromatic rings. The summed E-state index contributed by atoms with van der Waals surface area (Å²) in [6.45, 7) is 0. The number of halogens is 1.